The van der Waals surface area contributed by atoms with E-state index >= 15 is 0 Å². The first-order chi connectivity index (χ1) is 9.24. The topological polar surface area (TPSA) is 35.5 Å². The number of para-hydroxylation sites is 1. The van der Waals surface area contributed by atoms with Gasteiger partial charge in [0, 0.05) is 37.8 Å². The van der Waals surface area contributed by atoms with Gasteiger partial charge in [0.25, 0.3) is 0 Å². The average Bonchev–Trinajstić information content (AvgIpc) is 2.45. The van der Waals surface area contributed by atoms with Crippen LogP contribution in [0.3, 0.4) is 0 Å². The molecule has 1 aliphatic heterocycles. The molecule has 0 saturated carbocycles. The number of halogens is 3. The van der Waals surface area contributed by atoms with Gasteiger partial charge in [0.2, 0.25) is 0 Å². The van der Waals surface area contributed by atoms with Crippen molar-refractivity contribution >= 4 is 40.7 Å². The summed E-state index contributed by atoms with van der Waals surface area (Å²) in [5, 5.41) is 13.7. The van der Waals surface area contributed by atoms with Gasteiger partial charge in [-0.1, -0.05) is 18.2 Å². The Balaban J connectivity index is 0.00000200. The zero-order valence-corrected chi connectivity index (χ0v) is 15.1. The molecule has 1 aromatic rings. The molecule has 0 spiro atoms. The predicted molar refractivity (Wildman–Crippen MR) is 96.9 cm³/mol. The fraction of sp³-hybridized carbons (Fsp3) is 0.467. The van der Waals surface area contributed by atoms with E-state index in [-0.39, 0.29) is 30.9 Å². The smallest absolute Gasteiger partial charge is 0.134 e. The molecule has 2 N–H and O–H groups in total. The summed E-state index contributed by atoms with van der Waals surface area (Å²) in [7, 11) is 0. The van der Waals surface area contributed by atoms with E-state index in [9.17, 15) is 5.11 Å². The van der Waals surface area contributed by atoms with Crippen LogP contribution in [-0.2, 0) is 0 Å². The second-order valence-corrected chi connectivity index (χ2v) is 5.70. The third-order valence-corrected chi connectivity index (χ3v) is 4.25. The molecule has 1 aromatic carbocycles. The molecule has 1 fully saturated rings. The largest absolute Gasteiger partial charge is 0.506 e. The maximum atomic E-state index is 10.3. The van der Waals surface area contributed by atoms with Crippen molar-refractivity contribution in [2.24, 2.45) is 0 Å². The summed E-state index contributed by atoms with van der Waals surface area (Å²) < 4.78 is 0.767. The highest BCUT2D eigenvalue weighted by Gasteiger charge is 2.24. The molecule has 0 radical (unpaired) electrons. The van der Waals surface area contributed by atoms with Crippen molar-refractivity contribution in [1.82, 2.24) is 10.2 Å². The van der Waals surface area contributed by atoms with Gasteiger partial charge < -0.3 is 10.4 Å². The highest BCUT2D eigenvalue weighted by molar-refractivity contribution is 9.10. The van der Waals surface area contributed by atoms with Crippen LogP contribution in [0, 0.1) is 0 Å². The Bertz CT molecular complexity index is 440. The van der Waals surface area contributed by atoms with E-state index in [4.69, 9.17) is 0 Å². The molecule has 0 bridgehead atoms. The van der Waals surface area contributed by atoms with Crippen molar-refractivity contribution < 1.29 is 5.11 Å². The minimum Gasteiger partial charge on any atom is -0.506 e. The van der Waals surface area contributed by atoms with Gasteiger partial charge in [0.15, 0.2) is 0 Å². The highest BCUT2D eigenvalue weighted by atomic mass is 79.9. The van der Waals surface area contributed by atoms with Crippen LogP contribution in [0.4, 0.5) is 0 Å². The Morgan fingerprint density at radius 3 is 2.62 bits per heavy atom. The van der Waals surface area contributed by atoms with Crippen LogP contribution in [0.5, 0.6) is 5.75 Å². The predicted octanol–water partition coefficient (Wildman–Crippen LogP) is 3.91. The summed E-state index contributed by atoms with van der Waals surface area (Å²) in [5.41, 5.74) is 1.01. The lowest BCUT2D eigenvalue weighted by atomic mass is 9.98. The summed E-state index contributed by atoms with van der Waals surface area (Å²) in [6, 6.07) is 6.15. The maximum Gasteiger partial charge on any atom is 0.134 e. The molecular weight excluding hydrogens is 375 g/mol. The van der Waals surface area contributed by atoms with Crippen molar-refractivity contribution in [1.29, 1.82) is 0 Å². The number of hydrogen-bond acceptors (Lipinski definition) is 3. The fourth-order valence-electron chi connectivity index (χ4n) is 2.61. The van der Waals surface area contributed by atoms with Gasteiger partial charge in [-0.3, -0.25) is 4.90 Å². The molecule has 0 aromatic heterocycles. The number of piperazine rings is 1. The lowest BCUT2D eigenvalue weighted by Crippen LogP contribution is -2.45. The lowest BCUT2D eigenvalue weighted by Gasteiger charge is -2.35. The average molecular weight is 398 g/mol. The van der Waals surface area contributed by atoms with E-state index in [0.717, 1.165) is 49.1 Å². The van der Waals surface area contributed by atoms with E-state index in [2.05, 4.69) is 32.7 Å². The highest BCUT2D eigenvalue weighted by Crippen LogP contribution is 2.36. The number of benzene rings is 1. The molecule has 21 heavy (non-hydrogen) atoms. The van der Waals surface area contributed by atoms with Gasteiger partial charge in [0.1, 0.15) is 5.75 Å². The van der Waals surface area contributed by atoms with Crippen molar-refractivity contribution in [3.05, 3.63) is 40.9 Å². The van der Waals surface area contributed by atoms with Crippen LogP contribution < -0.4 is 5.32 Å². The van der Waals surface area contributed by atoms with E-state index in [0.29, 0.717) is 5.75 Å². The van der Waals surface area contributed by atoms with Crippen molar-refractivity contribution in [3.8, 4) is 5.75 Å². The molecular formula is C15H23BrCl2N2O. The summed E-state index contributed by atoms with van der Waals surface area (Å²) in [6.07, 6.45) is 3.90. The summed E-state index contributed by atoms with van der Waals surface area (Å²) in [6.45, 7) is 7.88. The molecule has 1 atom stereocenters. The van der Waals surface area contributed by atoms with Gasteiger partial charge in [0.05, 0.1) is 4.47 Å². The molecule has 1 aliphatic rings. The Morgan fingerprint density at radius 1 is 1.33 bits per heavy atom. The number of nitrogens with zero attached hydrogens (tertiary/aromatic N) is 1. The van der Waals surface area contributed by atoms with Gasteiger partial charge in [-0.05, 0) is 34.8 Å². The Labute approximate surface area is 147 Å². The number of rotatable bonds is 5. The monoisotopic (exact) mass is 396 g/mol. The van der Waals surface area contributed by atoms with Crippen molar-refractivity contribution in [2.75, 3.05) is 26.2 Å². The van der Waals surface area contributed by atoms with Crippen LogP contribution in [-0.4, -0.2) is 36.2 Å². The minimum atomic E-state index is 0. The number of aromatic hydroxyl groups is 1. The molecule has 0 aliphatic carbocycles. The molecule has 3 nitrogen and oxygen atoms in total. The molecule has 6 heteroatoms. The second kappa shape index (κ2) is 10.5. The third kappa shape index (κ3) is 5.46. The van der Waals surface area contributed by atoms with Crippen LogP contribution in [0.1, 0.15) is 24.4 Å². The number of nitrogens with one attached hydrogen (secondary N) is 1. The van der Waals surface area contributed by atoms with Gasteiger partial charge in [-0.15, -0.1) is 31.4 Å². The normalized spacial score (nSPS) is 16.4. The molecule has 0 amide bonds. The first kappa shape index (κ1) is 20.7. The summed E-state index contributed by atoms with van der Waals surface area (Å²) >= 11 is 3.41. The third-order valence-electron chi connectivity index (χ3n) is 3.61. The van der Waals surface area contributed by atoms with E-state index < -0.39 is 0 Å². The maximum absolute atomic E-state index is 10.3. The summed E-state index contributed by atoms with van der Waals surface area (Å²) in [5.74, 6) is 0.370. The number of phenols is 1. The van der Waals surface area contributed by atoms with Crippen molar-refractivity contribution in [3.63, 3.8) is 0 Å². The Kier molecular flexibility index (Phi) is 10.3. The van der Waals surface area contributed by atoms with Gasteiger partial charge in [-0.25, -0.2) is 0 Å². The van der Waals surface area contributed by atoms with E-state index in [1.807, 2.05) is 24.3 Å². The van der Waals surface area contributed by atoms with Gasteiger partial charge >= 0.3 is 0 Å². The van der Waals surface area contributed by atoms with Crippen LogP contribution >= 0.6 is 40.7 Å². The van der Waals surface area contributed by atoms with E-state index in [1.165, 1.54) is 0 Å². The quantitative estimate of drug-likeness (QED) is 0.739. The standard InChI is InChI=1S/C15H21BrN2O.2ClH/c1-2-3-7-14(18-10-8-17-9-11-18)12-5-4-6-13(16)15(12)19;;/h2,4-6,14,17,19H,1,3,7-11H2;2*1H/t14-;;/m0../s1. The first-order valence-corrected chi connectivity index (χ1v) is 7.56. The SMILES string of the molecule is C=CCC[C@@H](c1cccc(Br)c1O)N1CCNCC1.Cl.Cl. The van der Waals surface area contributed by atoms with Crippen LogP contribution in [0.25, 0.3) is 0 Å². The van der Waals surface area contributed by atoms with E-state index in [1.54, 1.807) is 0 Å². The van der Waals surface area contributed by atoms with Crippen LogP contribution in [0.2, 0.25) is 0 Å². The molecule has 1 heterocycles. The Hall–Kier alpha value is -0.260. The molecule has 2 rings (SSSR count). The molecule has 120 valence electrons. The number of phenolic OH excluding ortho intramolecular Hbond substituents is 1. The zero-order valence-electron chi connectivity index (χ0n) is 11.9. The zero-order chi connectivity index (χ0) is 13.7. The first-order valence-electron chi connectivity index (χ1n) is 6.77. The molecule has 1 saturated heterocycles. The van der Waals surface area contributed by atoms with Crippen LogP contribution in [0.15, 0.2) is 35.3 Å². The van der Waals surface area contributed by atoms with Crippen molar-refractivity contribution in [2.45, 2.75) is 18.9 Å². The number of hydrogen-bond donors (Lipinski definition) is 2. The fourth-order valence-corrected chi connectivity index (χ4v) is 2.99. The van der Waals surface area contributed by atoms with Gasteiger partial charge in [-0.2, -0.15) is 0 Å². The lowest BCUT2D eigenvalue weighted by molar-refractivity contribution is 0.163. The Morgan fingerprint density at radius 2 is 2.00 bits per heavy atom. The minimum absolute atomic E-state index is 0. The number of allylic oxidation sites excluding steroid dienone is 1. The second-order valence-electron chi connectivity index (χ2n) is 4.85. The summed E-state index contributed by atoms with van der Waals surface area (Å²) in [4.78, 5) is 2.45. The molecule has 0 unspecified atom stereocenters.